The lowest BCUT2D eigenvalue weighted by Crippen LogP contribution is -2.56. The van der Waals surface area contributed by atoms with Gasteiger partial charge in [0.2, 0.25) is 11.8 Å². The second-order valence-electron chi connectivity index (χ2n) is 9.24. The van der Waals surface area contributed by atoms with Crippen LogP contribution in [0.1, 0.15) is 51.8 Å². The molecule has 3 amide bonds. The van der Waals surface area contributed by atoms with Gasteiger partial charge in [0.25, 0.3) is 0 Å². The fourth-order valence-electron chi connectivity index (χ4n) is 3.45. The first-order chi connectivity index (χ1) is 16.0. The molecule has 184 valence electrons. The van der Waals surface area contributed by atoms with Crippen LogP contribution in [0.3, 0.4) is 0 Å². The van der Waals surface area contributed by atoms with Crippen LogP contribution < -0.4 is 10.6 Å². The number of carbonyl (C=O) groups excluding carboxylic acids is 3. The van der Waals surface area contributed by atoms with Crippen LogP contribution in [0.5, 0.6) is 0 Å². The van der Waals surface area contributed by atoms with Gasteiger partial charge in [0, 0.05) is 12.6 Å². The van der Waals surface area contributed by atoms with E-state index in [1.165, 1.54) is 4.90 Å². The molecule has 0 bridgehead atoms. The summed E-state index contributed by atoms with van der Waals surface area (Å²) < 4.78 is 5.23. The van der Waals surface area contributed by atoms with Gasteiger partial charge < -0.3 is 25.4 Å². The van der Waals surface area contributed by atoms with E-state index in [1.54, 1.807) is 58.9 Å². The molecular formula is C26H35N3O5. The minimum atomic E-state index is -1.27. The Kier molecular flexibility index (Phi) is 9.62. The Balaban J connectivity index is 2.32. The second-order valence-corrected chi connectivity index (χ2v) is 9.24. The van der Waals surface area contributed by atoms with Gasteiger partial charge in [-0.3, -0.25) is 9.59 Å². The molecule has 0 saturated carbocycles. The van der Waals surface area contributed by atoms with Crippen molar-refractivity contribution < 1.29 is 24.2 Å². The topological polar surface area (TPSA) is 108 Å². The van der Waals surface area contributed by atoms with Crippen LogP contribution in [0.15, 0.2) is 60.7 Å². The van der Waals surface area contributed by atoms with Crippen molar-refractivity contribution in [2.24, 2.45) is 0 Å². The third-order valence-electron chi connectivity index (χ3n) is 4.93. The van der Waals surface area contributed by atoms with Gasteiger partial charge in [-0.25, -0.2) is 4.79 Å². The first-order valence-electron chi connectivity index (χ1n) is 11.3. The van der Waals surface area contributed by atoms with E-state index in [1.807, 2.05) is 36.4 Å². The Morgan fingerprint density at radius 1 is 0.971 bits per heavy atom. The van der Waals surface area contributed by atoms with E-state index in [-0.39, 0.29) is 5.91 Å². The first-order valence-corrected chi connectivity index (χ1v) is 11.3. The highest BCUT2D eigenvalue weighted by Crippen LogP contribution is 2.25. The fraction of sp³-hybridized carbons (Fsp3) is 0.423. The molecule has 0 aliphatic carbocycles. The number of aliphatic hydroxyl groups excluding tert-OH is 1. The number of ether oxygens (including phenoxy) is 1. The molecule has 2 unspecified atom stereocenters. The third kappa shape index (κ3) is 7.88. The maximum absolute atomic E-state index is 13.5. The van der Waals surface area contributed by atoms with Crippen LogP contribution >= 0.6 is 0 Å². The third-order valence-corrected chi connectivity index (χ3v) is 4.93. The van der Waals surface area contributed by atoms with E-state index in [0.717, 1.165) is 5.56 Å². The highest BCUT2D eigenvalue weighted by molar-refractivity contribution is 5.92. The molecule has 0 aliphatic heterocycles. The predicted molar refractivity (Wildman–Crippen MR) is 130 cm³/mol. The van der Waals surface area contributed by atoms with Crippen molar-refractivity contribution in [1.29, 1.82) is 0 Å². The summed E-state index contributed by atoms with van der Waals surface area (Å²) >= 11 is 0. The molecule has 2 aromatic rings. The van der Waals surface area contributed by atoms with E-state index in [4.69, 9.17) is 4.74 Å². The molecule has 8 nitrogen and oxygen atoms in total. The van der Waals surface area contributed by atoms with Gasteiger partial charge in [-0.05, 0) is 45.7 Å². The van der Waals surface area contributed by atoms with Gasteiger partial charge in [-0.1, -0.05) is 60.7 Å². The first kappa shape index (κ1) is 26.9. The van der Waals surface area contributed by atoms with Crippen molar-refractivity contribution in [3.05, 3.63) is 71.8 Å². The minimum Gasteiger partial charge on any atom is -0.444 e. The lowest BCUT2D eigenvalue weighted by molar-refractivity contribution is -0.145. The molecule has 2 aromatic carbocycles. The average Bonchev–Trinajstić information content (AvgIpc) is 2.78. The van der Waals surface area contributed by atoms with Crippen molar-refractivity contribution in [3.8, 4) is 0 Å². The molecule has 0 saturated heterocycles. The zero-order chi connectivity index (χ0) is 25.3. The summed E-state index contributed by atoms with van der Waals surface area (Å²) in [5.41, 5.74) is 0.767. The molecule has 34 heavy (non-hydrogen) atoms. The van der Waals surface area contributed by atoms with Gasteiger partial charge in [0.1, 0.15) is 17.7 Å². The van der Waals surface area contributed by atoms with Crippen LogP contribution in [0, 0.1) is 0 Å². The smallest absolute Gasteiger partial charge is 0.408 e. The molecule has 3 N–H and O–H groups in total. The van der Waals surface area contributed by atoms with Crippen LogP contribution in [0.25, 0.3) is 0 Å². The van der Waals surface area contributed by atoms with Gasteiger partial charge in [0.05, 0.1) is 6.61 Å². The highest BCUT2D eigenvalue weighted by atomic mass is 16.6. The zero-order valence-electron chi connectivity index (χ0n) is 20.4. The standard InChI is InChI=1S/C26H35N3O5/c1-18(2)29(24(32)21(17-30)28-25(33)34-26(3,4)5)22(20-14-10-7-11-15-20)23(31)27-16-19-12-8-6-9-13-19/h6-15,18,21-22,30H,16-17H2,1-5H3,(H,27,31)(H,28,33). The number of benzene rings is 2. The van der Waals surface area contributed by atoms with Gasteiger partial charge in [-0.2, -0.15) is 0 Å². The van der Waals surface area contributed by atoms with Crippen molar-refractivity contribution in [1.82, 2.24) is 15.5 Å². The number of hydrogen-bond donors (Lipinski definition) is 3. The molecular weight excluding hydrogens is 434 g/mol. The lowest BCUT2D eigenvalue weighted by atomic mass is 10.0. The molecule has 0 aliphatic rings. The Bertz CT molecular complexity index is 942. The molecule has 2 atom stereocenters. The van der Waals surface area contributed by atoms with Crippen LogP contribution in [0.4, 0.5) is 4.79 Å². The molecule has 0 fully saturated rings. The molecule has 0 spiro atoms. The minimum absolute atomic E-state index is 0.294. The van der Waals surface area contributed by atoms with E-state index < -0.39 is 42.3 Å². The van der Waals surface area contributed by atoms with Gasteiger partial charge in [-0.15, -0.1) is 0 Å². The monoisotopic (exact) mass is 469 g/mol. The Morgan fingerprint density at radius 3 is 2.03 bits per heavy atom. The summed E-state index contributed by atoms with van der Waals surface area (Å²) in [6, 6.07) is 15.8. The number of alkyl carbamates (subject to hydrolysis) is 1. The number of nitrogens with one attached hydrogen (secondary N) is 2. The largest absolute Gasteiger partial charge is 0.444 e. The number of carbonyl (C=O) groups is 3. The van der Waals surface area contributed by atoms with Gasteiger partial charge in [0.15, 0.2) is 0 Å². The van der Waals surface area contributed by atoms with E-state index in [0.29, 0.717) is 12.1 Å². The summed E-state index contributed by atoms with van der Waals surface area (Å²) in [5.74, 6) is -0.960. The van der Waals surface area contributed by atoms with E-state index in [2.05, 4.69) is 10.6 Å². The van der Waals surface area contributed by atoms with Crippen LogP contribution in [0.2, 0.25) is 0 Å². The second kappa shape index (κ2) is 12.2. The van der Waals surface area contributed by atoms with Crippen molar-refractivity contribution in [2.45, 2.75) is 64.9 Å². The maximum Gasteiger partial charge on any atom is 0.408 e. The number of nitrogens with zero attached hydrogens (tertiary/aromatic N) is 1. The summed E-state index contributed by atoms with van der Waals surface area (Å²) in [4.78, 5) is 40.6. The number of rotatable bonds is 9. The van der Waals surface area contributed by atoms with Crippen molar-refractivity contribution in [3.63, 3.8) is 0 Å². The summed E-state index contributed by atoms with van der Waals surface area (Å²) in [6.07, 6.45) is -0.826. The molecule has 2 rings (SSSR count). The fourth-order valence-corrected chi connectivity index (χ4v) is 3.45. The predicted octanol–water partition coefficient (Wildman–Crippen LogP) is 3.17. The maximum atomic E-state index is 13.5. The average molecular weight is 470 g/mol. The number of aliphatic hydroxyl groups is 1. The van der Waals surface area contributed by atoms with Crippen molar-refractivity contribution >= 4 is 17.9 Å². The highest BCUT2D eigenvalue weighted by Gasteiger charge is 2.37. The van der Waals surface area contributed by atoms with Gasteiger partial charge >= 0.3 is 6.09 Å². The normalized spacial score (nSPS) is 13.0. The summed E-state index contributed by atoms with van der Waals surface area (Å²) in [5, 5.41) is 15.2. The number of hydrogen-bond acceptors (Lipinski definition) is 5. The quantitative estimate of drug-likeness (QED) is 0.523. The summed E-state index contributed by atoms with van der Waals surface area (Å²) in [6.45, 7) is 8.31. The number of amides is 3. The molecule has 0 aromatic heterocycles. The molecule has 8 heteroatoms. The van der Waals surface area contributed by atoms with Crippen LogP contribution in [-0.4, -0.2) is 52.2 Å². The molecule has 0 radical (unpaired) electrons. The molecule has 0 heterocycles. The Hall–Kier alpha value is -3.39. The van der Waals surface area contributed by atoms with Crippen LogP contribution in [-0.2, 0) is 20.9 Å². The van der Waals surface area contributed by atoms with Crippen molar-refractivity contribution in [2.75, 3.05) is 6.61 Å². The SMILES string of the molecule is CC(C)N(C(=O)C(CO)NC(=O)OC(C)(C)C)C(C(=O)NCc1ccccc1)c1ccccc1. The summed E-state index contributed by atoms with van der Waals surface area (Å²) in [7, 11) is 0. The van der Waals surface area contributed by atoms with E-state index >= 15 is 0 Å². The lowest BCUT2D eigenvalue weighted by Gasteiger charge is -2.36. The Morgan fingerprint density at radius 2 is 1.53 bits per heavy atom. The zero-order valence-corrected chi connectivity index (χ0v) is 20.4. The van der Waals surface area contributed by atoms with E-state index in [9.17, 15) is 19.5 Å². The Labute approximate surface area is 201 Å².